The Bertz CT molecular complexity index is 909. The maximum absolute atomic E-state index is 12.7. The summed E-state index contributed by atoms with van der Waals surface area (Å²) in [6.07, 6.45) is 8.65. The van der Waals surface area contributed by atoms with Crippen LogP contribution in [0.4, 0.5) is 5.69 Å². The molecule has 1 saturated carbocycles. The van der Waals surface area contributed by atoms with E-state index in [2.05, 4.69) is 15.0 Å². The number of nitrogens with one attached hydrogen (secondary N) is 2. The van der Waals surface area contributed by atoms with Gasteiger partial charge in [-0.15, -0.1) is 0 Å². The first-order valence-electron chi connectivity index (χ1n) is 9.24. The van der Waals surface area contributed by atoms with Crippen LogP contribution >= 0.6 is 0 Å². The number of nitro groups is 1. The Kier molecular flexibility index (Phi) is 6.35. The number of sulfonamides is 1. The molecule has 1 heterocycles. The van der Waals surface area contributed by atoms with Crippen molar-refractivity contribution in [1.29, 1.82) is 0 Å². The first-order chi connectivity index (χ1) is 13.0. The van der Waals surface area contributed by atoms with Gasteiger partial charge in [-0.05, 0) is 31.0 Å². The van der Waals surface area contributed by atoms with Gasteiger partial charge in [0.2, 0.25) is 10.0 Å². The predicted molar refractivity (Wildman–Crippen MR) is 103 cm³/mol. The number of benzene rings is 1. The Labute approximate surface area is 158 Å². The van der Waals surface area contributed by atoms with Crippen molar-refractivity contribution in [3.05, 3.63) is 40.6 Å². The quantitative estimate of drug-likeness (QED) is 0.324. The smallest absolute Gasteiger partial charge is 0.278 e. The van der Waals surface area contributed by atoms with Gasteiger partial charge in [0, 0.05) is 31.4 Å². The first kappa shape index (κ1) is 19.7. The van der Waals surface area contributed by atoms with Crippen molar-refractivity contribution in [2.75, 3.05) is 13.1 Å². The average molecular weight is 392 g/mol. The van der Waals surface area contributed by atoms with E-state index in [1.807, 2.05) is 0 Å². The number of pyridine rings is 1. The number of hydrogen-bond acceptors (Lipinski definition) is 6. The lowest BCUT2D eigenvalue weighted by Crippen LogP contribution is -2.36. The van der Waals surface area contributed by atoms with Crippen LogP contribution in [-0.2, 0) is 10.0 Å². The van der Waals surface area contributed by atoms with Gasteiger partial charge in [0.05, 0.1) is 15.8 Å². The molecule has 9 heteroatoms. The number of rotatable bonds is 7. The molecule has 2 aromatic rings. The van der Waals surface area contributed by atoms with E-state index < -0.39 is 14.9 Å². The molecule has 146 valence electrons. The summed E-state index contributed by atoms with van der Waals surface area (Å²) in [7, 11) is -3.81. The van der Waals surface area contributed by atoms with E-state index in [9.17, 15) is 18.5 Å². The minimum Gasteiger partial charge on any atom is -0.313 e. The normalized spacial score (nSPS) is 16.3. The molecule has 0 aliphatic heterocycles. The highest BCUT2D eigenvalue weighted by Gasteiger charge is 2.23. The van der Waals surface area contributed by atoms with Crippen molar-refractivity contribution in [2.24, 2.45) is 0 Å². The lowest BCUT2D eigenvalue weighted by molar-refractivity contribution is -0.383. The van der Waals surface area contributed by atoms with Crippen molar-refractivity contribution < 1.29 is 13.3 Å². The zero-order valence-corrected chi connectivity index (χ0v) is 15.9. The van der Waals surface area contributed by atoms with Crippen LogP contribution < -0.4 is 10.0 Å². The first-order valence-corrected chi connectivity index (χ1v) is 10.7. The van der Waals surface area contributed by atoms with E-state index in [1.54, 1.807) is 6.07 Å². The van der Waals surface area contributed by atoms with Crippen molar-refractivity contribution in [1.82, 2.24) is 15.0 Å². The maximum Gasteiger partial charge on any atom is 0.278 e. The van der Waals surface area contributed by atoms with Gasteiger partial charge >= 0.3 is 0 Å². The SMILES string of the molecule is O=[N+]([O-])c1ccc(S(=O)(=O)NCCNC2CCCCCC2)c2ncccc12. The van der Waals surface area contributed by atoms with Crippen LogP contribution in [-0.4, -0.2) is 37.5 Å². The third kappa shape index (κ3) is 4.79. The number of hydrogen-bond donors (Lipinski definition) is 2. The van der Waals surface area contributed by atoms with E-state index in [-0.39, 0.29) is 28.0 Å². The largest absolute Gasteiger partial charge is 0.313 e. The minimum absolute atomic E-state index is 0.0434. The van der Waals surface area contributed by atoms with Crippen molar-refractivity contribution in [3.8, 4) is 0 Å². The number of non-ortho nitro benzene ring substituents is 1. The molecule has 0 spiro atoms. The Balaban J connectivity index is 1.70. The molecular formula is C18H24N4O4S. The van der Waals surface area contributed by atoms with Crippen molar-refractivity contribution >= 4 is 26.6 Å². The van der Waals surface area contributed by atoms with E-state index in [0.717, 1.165) is 12.8 Å². The molecule has 27 heavy (non-hydrogen) atoms. The standard InChI is InChI=1S/C18H24N4O4S/c23-22(24)16-9-10-17(18-15(16)8-5-11-20-18)27(25,26)21-13-12-19-14-6-3-1-2-4-7-14/h5,8-11,14,19,21H,1-4,6-7,12-13H2. The highest BCUT2D eigenvalue weighted by atomic mass is 32.2. The third-order valence-corrected chi connectivity index (χ3v) is 6.39. The molecule has 1 aromatic heterocycles. The van der Waals surface area contributed by atoms with Gasteiger partial charge in [0.1, 0.15) is 4.90 Å². The maximum atomic E-state index is 12.7. The number of fused-ring (bicyclic) bond motifs is 1. The van der Waals surface area contributed by atoms with Gasteiger partial charge in [0.25, 0.3) is 5.69 Å². The predicted octanol–water partition coefficient (Wildman–Crippen LogP) is 2.73. The van der Waals surface area contributed by atoms with Gasteiger partial charge in [-0.25, -0.2) is 13.1 Å². The molecule has 0 bridgehead atoms. The molecule has 0 unspecified atom stereocenters. The molecule has 1 aromatic carbocycles. The highest BCUT2D eigenvalue weighted by Crippen LogP contribution is 2.29. The van der Waals surface area contributed by atoms with Gasteiger partial charge in [0.15, 0.2) is 0 Å². The zero-order valence-electron chi connectivity index (χ0n) is 15.1. The number of nitro benzene ring substituents is 1. The van der Waals surface area contributed by atoms with Gasteiger partial charge < -0.3 is 5.32 Å². The van der Waals surface area contributed by atoms with E-state index >= 15 is 0 Å². The Morgan fingerprint density at radius 3 is 2.56 bits per heavy atom. The van der Waals surface area contributed by atoms with Crippen LogP contribution in [0.5, 0.6) is 0 Å². The summed E-state index contributed by atoms with van der Waals surface area (Å²) in [4.78, 5) is 14.6. The second-order valence-corrected chi connectivity index (χ2v) is 8.52. The summed E-state index contributed by atoms with van der Waals surface area (Å²) in [5, 5.41) is 14.8. The van der Waals surface area contributed by atoms with Crippen molar-refractivity contribution in [2.45, 2.75) is 49.5 Å². The summed E-state index contributed by atoms with van der Waals surface area (Å²) in [5.41, 5.74) is -0.0528. The summed E-state index contributed by atoms with van der Waals surface area (Å²) < 4.78 is 27.9. The minimum atomic E-state index is -3.81. The zero-order chi connectivity index (χ0) is 19.3. The molecule has 2 N–H and O–H groups in total. The Morgan fingerprint density at radius 1 is 1.11 bits per heavy atom. The van der Waals surface area contributed by atoms with E-state index in [1.165, 1.54) is 50.1 Å². The van der Waals surface area contributed by atoms with Crippen LogP contribution in [0, 0.1) is 10.1 Å². The lowest BCUT2D eigenvalue weighted by atomic mass is 10.1. The average Bonchev–Trinajstić information content (AvgIpc) is 2.93. The Morgan fingerprint density at radius 2 is 1.85 bits per heavy atom. The van der Waals surface area contributed by atoms with Crippen molar-refractivity contribution in [3.63, 3.8) is 0 Å². The van der Waals surface area contributed by atoms with E-state index in [0.29, 0.717) is 12.6 Å². The van der Waals surface area contributed by atoms with Crippen LogP contribution in [0.1, 0.15) is 38.5 Å². The summed E-state index contributed by atoms with van der Waals surface area (Å²) in [5.74, 6) is 0. The molecule has 1 aliphatic carbocycles. The fourth-order valence-electron chi connectivity index (χ4n) is 3.53. The molecule has 0 saturated heterocycles. The topological polar surface area (TPSA) is 114 Å². The number of aromatic nitrogens is 1. The van der Waals surface area contributed by atoms with Crippen LogP contribution in [0.2, 0.25) is 0 Å². The van der Waals surface area contributed by atoms with Crippen LogP contribution in [0.25, 0.3) is 10.9 Å². The molecular weight excluding hydrogens is 368 g/mol. The molecule has 0 atom stereocenters. The molecule has 8 nitrogen and oxygen atoms in total. The molecule has 0 amide bonds. The fraction of sp³-hybridized carbons (Fsp3) is 0.500. The van der Waals surface area contributed by atoms with Gasteiger partial charge in [-0.2, -0.15) is 0 Å². The molecule has 3 rings (SSSR count). The highest BCUT2D eigenvalue weighted by molar-refractivity contribution is 7.89. The molecule has 0 radical (unpaired) electrons. The summed E-state index contributed by atoms with van der Waals surface area (Å²) in [6.45, 7) is 0.798. The van der Waals surface area contributed by atoms with Gasteiger partial charge in [-0.1, -0.05) is 25.7 Å². The van der Waals surface area contributed by atoms with Gasteiger partial charge in [-0.3, -0.25) is 15.1 Å². The van der Waals surface area contributed by atoms with Crippen LogP contribution in [0.15, 0.2) is 35.4 Å². The molecule has 1 aliphatic rings. The lowest BCUT2D eigenvalue weighted by Gasteiger charge is -2.16. The fourth-order valence-corrected chi connectivity index (χ4v) is 4.72. The van der Waals surface area contributed by atoms with E-state index in [4.69, 9.17) is 0 Å². The second-order valence-electron chi connectivity index (χ2n) is 6.78. The second kappa shape index (κ2) is 8.73. The monoisotopic (exact) mass is 392 g/mol. The molecule has 1 fully saturated rings. The number of nitrogens with zero attached hydrogens (tertiary/aromatic N) is 2. The Hall–Kier alpha value is -2.10. The summed E-state index contributed by atoms with van der Waals surface area (Å²) in [6, 6.07) is 5.96. The van der Waals surface area contributed by atoms with Crippen LogP contribution in [0.3, 0.4) is 0 Å². The summed E-state index contributed by atoms with van der Waals surface area (Å²) >= 11 is 0. The third-order valence-electron chi connectivity index (χ3n) is 4.90.